The van der Waals surface area contributed by atoms with E-state index in [0.29, 0.717) is 60.3 Å². The molecule has 2 amide bonds. The van der Waals surface area contributed by atoms with Gasteiger partial charge in [0, 0.05) is 54.6 Å². The quantitative estimate of drug-likeness (QED) is 0.221. The van der Waals surface area contributed by atoms with E-state index in [1.54, 1.807) is 30.3 Å². The van der Waals surface area contributed by atoms with Crippen LogP contribution in [0.15, 0.2) is 99.8 Å². The smallest absolute Gasteiger partial charge is 0.289 e. The highest BCUT2D eigenvalue weighted by Gasteiger charge is 2.24. The third-order valence-electron chi connectivity index (χ3n) is 6.93. The number of carbonyl (C=O) groups is 2. The van der Waals surface area contributed by atoms with Crippen LogP contribution in [-0.4, -0.2) is 42.9 Å². The maximum Gasteiger partial charge on any atom is 0.289 e. The number of para-hydroxylation sites is 1. The van der Waals surface area contributed by atoms with Crippen LogP contribution in [0.3, 0.4) is 0 Å². The third-order valence-corrected chi connectivity index (χ3v) is 7.22. The van der Waals surface area contributed by atoms with Gasteiger partial charge in [-0.2, -0.15) is 0 Å². The average molecular weight is 570 g/mol. The number of benzene rings is 3. The van der Waals surface area contributed by atoms with Crippen LogP contribution in [0, 0.1) is 5.82 Å². The summed E-state index contributed by atoms with van der Waals surface area (Å²) in [6.45, 7) is 2.55. The molecule has 0 atom stereocenters. The van der Waals surface area contributed by atoms with Crippen LogP contribution in [0.4, 0.5) is 15.8 Å². The Morgan fingerprint density at radius 1 is 0.878 bits per heavy atom. The Balaban J connectivity index is 1.01. The predicted molar refractivity (Wildman–Crippen MR) is 158 cm³/mol. The van der Waals surface area contributed by atoms with Crippen LogP contribution in [0.1, 0.15) is 16.3 Å². The number of anilines is 2. The molecule has 9 heteroatoms. The highest BCUT2D eigenvalue weighted by Crippen LogP contribution is 2.27. The van der Waals surface area contributed by atoms with Crippen LogP contribution in [-0.2, 0) is 4.79 Å². The van der Waals surface area contributed by atoms with Crippen molar-refractivity contribution in [3.05, 3.63) is 113 Å². The Kier molecular flexibility index (Phi) is 7.31. The zero-order valence-electron chi connectivity index (χ0n) is 21.8. The van der Waals surface area contributed by atoms with Gasteiger partial charge in [-0.3, -0.25) is 9.59 Å². The van der Waals surface area contributed by atoms with E-state index in [9.17, 15) is 14.0 Å². The molecule has 0 aliphatic carbocycles. The molecule has 7 nitrogen and oxygen atoms in total. The van der Waals surface area contributed by atoms with Gasteiger partial charge in [-0.05, 0) is 72.8 Å². The molecule has 0 unspecified atom stereocenters. The number of piperazine rings is 1. The average Bonchev–Trinajstić information content (AvgIpc) is 3.65. The fourth-order valence-electron chi connectivity index (χ4n) is 4.76. The second kappa shape index (κ2) is 11.3. The van der Waals surface area contributed by atoms with E-state index in [1.165, 1.54) is 18.2 Å². The Morgan fingerprint density at radius 2 is 1.66 bits per heavy atom. The van der Waals surface area contributed by atoms with Gasteiger partial charge < -0.3 is 24.0 Å². The Labute approximate surface area is 240 Å². The number of fused-ring (bicyclic) bond motifs is 1. The lowest BCUT2D eigenvalue weighted by Gasteiger charge is -2.35. The molecule has 1 N–H and O–H groups in total. The summed E-state index contributed by atoms with van der Waals surface area (Å²) >= 11 is 5.85. The first kappa shape index (κ1) is 26.4. The first-order valence-electron chi connectivity index (χ1n) is 13.1. The largest absolute Gasteiger partial charge is 0.457 e. The van der Waals surface area contributed by atoms with Crippen molar-refractivity contribution in [2.45, 2.75) is 0 Å². The van der Waals surface area contributed by atoms with Crippen LogP contribution in [0.5, 0.6) is 0 Å². The Bertz CT molecular complexity index is 1720. The predicted octanol–water partition coefficient (Wildman–Crippen LogP) is 7.10. The van der Waals surface area contributed by atoms with E-state index < -0.39 is 5.82 Å². The Morgan fingerprint density at radius 3 is 2.41 bits per heavy atom. The summed E-state index contributed by atoms with van der Waals surface area (Å²) in [5.74, 6) is 0.446. The molecular formula is C32H25ClFN3O4. The first-order valence-corrected chi connectivity index (χ1v) is 13.5. The molecule has 1 aliphatic heterocycles. The summed E-state index contributed by atoms with van der Waals surface area (Å²) < 4.78 is 24.9. The molecule has 1 aliphatic rings. The summed E-state index contributed by atoms with van der Waals surface area (Å²) in [7, 11) is 0. The van der Waals surface area contributed by atoms with Crippen molar-refractivity contribution in [3.8, 4) is 11.3 Å². The molecular weight excluding hydrogens is 545 g/mol. The number of halogens is 2. The lowest BCUT2D eigenvalue weighted by atomic mass is 10.2. The second-order valence-electron chi connectivity index (χ2n) is 9.63. The third kappa shape index (κ3) is 5.88. The maximum absolute atomic E-state index is 13.4. The summed E-state index contributed by atoms with van der Waals surface area (Å²) in [6.07, 6.45) is 2.94. The summed E-state index contributed by atoms with van der Waals surface area (Å²) in [4.78, 5) is 29.4. The molecule has 206 valence electrons. The molecule has 0 spiro atoms. The van der Waals surface area contributed by atoms with Crippen LogP contribution < -0.4 is 10.2 Å². The number of hydrogen-bond donors (Lipinski definition) is 1. The molecule has 2 aromatic heterocycles. The normalized spacial score (nSPS) is 13.7. The van der Waals surface area contributed by atoms with Gasteiger partial charge in [0.05, 0.1) is 5.02 Å². The van der Waals surface area contributed by atoms with E-state index >= 15 is 0 Å². The monoisotopic (exact) mass is 569 g/mol. The molecule has 5 aromatic rings. The van der Waals surface area contributed by atoms with E-state index in [0.717, 1.165) is 11.1 Å². The lowest BCUT2D eigenvalue weighted by molar-refractivity contribution is -0.111. The number of nitrogens with zero attached hydrogens (tertiary/aromatic N) is 2. The molecule has 0 radical (unpaired) electrons. The second-order valence-corrected chi connectivity index (χ2v) is 10.0. The van der Waals surface area contributed by atoms with E-state index in [2.05, 4.69) is 10.2 Å². The molecule has 0 saturated carbocycles. The summed E-state index contributed by atoms with van der Waals surface area (Å²) in [6, 6.07) is 24.8. The van der Waals surface area contributed by atoms with Gasteiger partial charge in [0.1, 0.15) is 22.9 Å². The number of nitrogens with one attached hydrogen (secondary N) is 1. The van der Waals surface area contributed by atoms with E-state index in [4.69, 9.17) is 20.4 Å². The topological polar surface area (TPSA) is 78.9 Å². The lowest BCUT2D eigenvalue weighted by Crippen LogP contribution is -2.48. The van der Waals surface area contributed by atoms with Crippen molar-refractivity contribution in [3.63, 3.8) is 0 Å². The van der Waals surface area contributed by atoms with Gasteiger partial charge in [0.25, 0.3) is 5.91 Å². The number of carbonyl (C=O) groups excluding carboxylic acids is 2. The fourth-order valence-corrected chi connectivity index (χ4v) is 4.94. The van der Waals surface area contributed by atoms with Gasteiger partial charge in [-0.25, -0.2) is 4.39 Å². The maximum atomic E-state index is 13.4. The number of rotatable bonds is 6. The fraction of sp³-hybridized carbons (Fsp3) is 0.125. The van der Waals surface area contributed by atoms with Crippen molar-refractivity contribution >= 4 is 51.8 Å². The Hall–Kier alpha value is -4.82. The zero-order valence-corrected chi connectivity index (χ0v) is 22.6. The minimum atomic E-state index is -0.499. The highest BCUT2D eigenvalue weighted by atomic mass is 35.5. The minimum Gasteiger partial charge on any atom is -0.457 e. The van der Waals surface area contributed by atoms with Crippen LogP contribution in [0.25, 0.3) is 28.4 Å². The van der Waals surface area contributed by atoms with Gasteiger partial charge in [-0.15, -0.1) is 0 Å². The van der Waals surface area contributed by atoms with Gasteiger partial charge >= 0.3 is 0 Å². The summed E-state index contributed by atoms with van der Waals surface area (Å²) in [5, 5.41) is 3.77. The zero-order chi connectivity index (χ0) is 28.3. The van der Waals surface area contributed by atoms with Crippen LogP contribution >= 0.6 is 11.6 Å². The molecule has 0 bridgehead atoms. The molecule has 3 heterocycles. The molecule has 1 fully saturated rings. The standard InChI is InChI=1S/C32H25ClFN3O4/c33-26-19-22(5-12-27(26)34)29-13-10-25(40-29)11-14-31(38)35-23-6-8-24(9-7-23)36-15-17-37(18-16-36)32(39)30-20-21-3-1-2-4-28(21)41-30/h1-14,19-20H,15-18H2,(H,35,38)/b14-11+. The van der Waals surface area contributed by atoms with Crippen molar-refractivity contribution in [1.82, 2.24) is 4.90 Å². The van der Waals surface area contributed by atoms with Crippen molar-refractivity contribution < 1.29 is 22.8 Å². The van der Waals surface area contributed by atoms with E-state index in [-0.39, 0.29) is 16.8 Å². The van der Waals surface area contributed by atoms with Crippen molar-refractivity contribution in [1.29, 1.82) is 0 Å². The van der Waals surface area contributed by atoms with Crippen LogP contribution in [0.2, 0.25) is 5.02 Å². The minimum absolute atomic E-state index is 0.0118. The SMILES string of the molecule is O=C(/C=C/c1ccc(-c2ccc(F)c(Cl)c2)o1)Nc1ccc(N2CCN(C(=O)c3cc4ccccc4o3)CC2)cc1. The van der Waals surface area contributed by atoms with E-state index in [1.807, 2.05) is 53.4 Å². The van der Waals surface area contributed by atoms with Gasteiger partial charge in [-0.1, -0.05) is 29.8 Å². The molecule has 1 saturated heterocycles. The number of furan rings is 2. The first-order chi connectivity index (χ1) is 19.9. The molecule has 41 heavy (non-hydrogen) atoms. The number of hydrogen-bond acceptors (Lipinski definition) is 5. The van der Waals surface area contributed by atoms with Crippen molar-refractivity contribution in [2.75, 3.05) is 36.4 Å². The van der Waals surface area contributed by atoms with Crippen molar-refractivity contribution in [2.24, 2.45) is 0 Å². The van der Waals surface area contributed by atoms with Gasteiger partial charge in [0.2, 0.25) is 5.91 Å². The summed E-state index contributed by atoms with van der Waals surface area (Å²) in [5.41, 5.74) is 3.02. The number of amides is 2. The molecule has 3 aromatic carbocycles. The molecule has 6 rings (SSSR count). The highest BCUT2D eigenvalue weighted by molar-refractivity contribution is 6.31. The van der Waals surface area contributed by atoms with Gasteiger partial charge in [0.15, 0.2) is 5.76 Å².